The molecule has 3 aromatic rings. The van der Waals surface area contributed by atoms with Crippen LogP contribution in [0.4, 0.5) is 0 Å². The van der Waals surface area contributed by atoms with Gasteiger partial charge < -0.3 is 10.1 Å². The fraction of sp³-hybridized carbons (Fsp3) is 0.118. The molecule has 0 aliphatic rings. The van der Waals surface area contributed by atoms with Gasteiger partial charge in [0.1, 0.15) is 10.8 Å². The zero-order valence-corrected chi connectivity index (χ0v) is 13.3. The molecule has 116 valence electrons. The second-order valence-electron chi connectivity index (χ2n) is 4.77. The lowest BCUT2D eigenvalue weighted by atomic mass is 10.2. The standard InChI is InChI=1S/C17H15N3O2S/c1-22-14-4-2-12(3-5-14)15-11-23-16(20-15)10-19-17(21)13-6-8-18-9-7-13/h2-9,11H,10H2,1H3,(H,19,21). The van der Waals surface area contributed by atoms with E-state index in [-0.39, 0.29) is 5.91 Å². The first kappa shape index (κ1) is 15.2. The summed E-state index contributed by atoms with van der Waals surface area (Å²) in [7, 11) is 1.64. The molecular weight excluding hydrogens is 310 g/mol. The number of carbonyl (C=O) groups is 1. The van der Waals surface area contributed by atoms with Crippen LogP contribution in [0.1, 0.15) is 15.4 Å². The number of hydrogen-bond donors (Lipinski definition) is 1. The Balaban J connectivity index is 1.64. The summed E-state index contributed by atoms with van der Waals surface area (Å²) in [6.07, 6.45) is 3.19. The third-order valence-corrected chi connectivity index (χ3v) is 4.13. The zero-order valence-electron chi connectivity index (χ0n) is 12.5. The summed E-state index contributed by atoms with van der Waals surface area (Å²) in [5, 5.41) is 5.70. The summed E-state index contributed by atoms with van der Waals surface area (Å²) in [6, 6.07) is 11.1. The number of amides is 1. The number of carbonyl (C=O) groups excluding carboxylic acids is 1. The number of benzene rings is 1. The van der Waals surface area contributed by atoms with Crippen LogP contribution < -0.4 is 10.1 Å². The summed E-state index contributed by atoms with van der Waals surface area (Å²) in [6.45, 7) is 0.405. The van der Waals surface area contributed by atoms with Gasteiger partial charge in [-0.25, -0.2) is 4.98 Å². The first-order valence-electron chi connectivity index (χ1n) is 7.03. The molecule has 0 saturated heterocycles. The van der Waals surface area contributed by atoms with Crippen molar-refractivity contribution in [2.75, 3.05) is 7.11 Å². The Kier molecular flexibility index (Phi) is 4.63. The van der Waals surface area contributed by atoms with E-state index >= 15 is 0 Å². The van der Waals surface area contributed by atoms with Crippen molar-refractivity contribution in [3.8, 4) is 17.0 Å². The Labute approximate surface area is 138 Å². The lowest BCUT2D eigenvalue weighted by Crippen LogP contribution is -2.22. The third kappa shape index (κ3) is 3.73. The van der Waals surface area contributed by atoms with Gasteiger partial charge in [-0.1, -0.05) is 0 Å². The van der Waals surface area contributed by atoms with Crippen LogP contribution >= 0.6 is 11.3 Å². The number of nitrogens with zero attached hydrogens (tertiary/aromatic N) is 2. The average Bonchev–Trinajstić information content (AvgIpc) is 3.09. The maximum atomic E-state index is 12.0. The number of aromatic nitrogens is 2. The van der Waals surface area contributed by atoms with E-state index in [1.54, 1.807) is 31.6 Å². The van der Waals surface area contributed by atoms with Crippen molar-refractivity contribution in [3.63, 3.8) is 0 Å². The molecule has 5 nitrogen and oxygen atoms in total. The summed E-state index contributed by atoms with van der Waals surface area (Å²) < 4.78 is 5.15. The second kappa shape index (κ2) is 7.02. The van der Waals surface area contributed by atoms with Crippen LogP contribution in [0.15, 0.2) is 54.2 Å². The van der Waals surface area contributed by atoms with Gasteiger partial charge in [-0.05, 0) is 36.4 Å². The zero-order chi connectivity index (χ0) is 16.1. The predicted molar refractivity (Wildman–Crippen MR) is 89.5 cm³/mol. The smallest absolute Gasteiger partial charge is 0.251 e. The molecule has 0 atom stereocenters. The van der Waals surface area contributed by atoms with Crippen molar-refractivity contribution in [1.29, 1.82) is 0 Å². The molecule has 0 spiro atoms. The monoisotopic (exact) mass is 325 g/mol. The highest BCUT2D eigenvalue weighted by Gasteiger charge is 2.08. The van der Waals surface area contributed by atoms with Crippen LogP contribution in [0, 0.1) is 0 Å². The third-order valence-electron chi connectivity index (χ3n) is 3.28. The minimum absolute atomic E-state index is 0.131. The maximum Gasteiger partial charge on any atom is 0.251 e. The van der Waals surface area contributed by atoms with Crippen LogP contribution in [-0.4, -0.2) is 23.0 Å². The van der Waals surface area contributed by atoms with Gasteiger partial charge >= 0.3 is 0 Å². The molecule has 1 N–H and O–H groups in total. The fourth-order valence-electron chi connectivity index (χ4n) is 2.05. The number of nitrogens with one attached hydrogen (secondary N) is 1. The van der Waals surface area contributed by atoms with Crippen LogP contribution in [0.25, 0.3) is 11.3 Å². The molecule has 6 heteroatoms. The van der Waals surface area contributed by atoms with Gasteiger partial charge in [0.25, 0.3) is 5.91 Å². The molecule has 1 aromatic carbocycles. The Morgan fingerprint density at radius 3 is 2.61 bits per heavy atom. The molecule has 23 heavy (non-hydrogen) atoms. The van der Waals surface area contributed by atoms with E-state index in [1.165, 1.54) is 11.3 Å². The summed E-state index contributed by atoms with van der Waals surface area (Å²) in [5.41, 5.74) is 2.51. The van der Waals surface area contributed by atoms with Crippen LogP contribution in [0.3, 0.4) is 0 Å². The first-order valence-corrected chi connectivity index (χ1v) is 7.91. The van der Waals surface area contributed by atoms with Crippen molar-refractivity contribution in [2.45, 2.75) is 6.54 Å². The Bertz CT molecular complexity index is 785. The van der Waals surface area contributed by atoms with E-state index in [0.717, 1.165) is 22.0 Å². The minimum Gasteiger partial charge on any atom is -0.497 e. The minimum atomic E-state index is -0.131. The molecule has 3 rings (SSSR count). The number of hydrogen-bond acceptors (Lipinski definition) is 5. The van der Waals surface area contributed by atoms with Crippen LogP contribution in [-0.2, 0) is 6.54 Å². The highest BCUT2D eigenvalue weighted by atomic mass is 32.1. The molecule has 0 aliphatic carbocycles. The lowest BCUT2D eigenvalue weighted by Gasteiger charge is -2.02. The second-order valence-corrected chi connectivity index (χ2v) is 5.72. The molecule has 2 aromatic heterocycles. The molecule has 0 fully saturated rings. The van der Waals surface area contributed by atoms with Crippen molar-refractivity contribution in [3.05, 3.63) is 64.7 Å². The quantitative estimate of drug-likeness (QED) is 0.783. The molecule has 1 amide bonds. The van der Waals surface area contributed by atoms with Crippen LogP contribution in [0.5, 0.6) is 5.75 Å². The van der Waals surface area contributed by atoms with E-state index in [2.05, 4.69) is 15.3 Å². The summed E-state index contributed by atoms with van der Waals surface area (Å²) >= 11 is 1.52. The van der Waals surface area contributed by atoms with E-state index in [9.17, 15) is 4.79 Å². The van der Waals surface area contributed by atoms with E-state index in [4.69, 9.17) is 4.74 Å². The molecule has 0 aliphatic heterocycles. The molecule has 0 bridgehead atoms. The van der Waals surface area contributed by atoms with Gasteiger partial charge in [0.05, 0.1) is 19.3 Å². The van der Waals surface area contributed by atoms with E-state index < -0.39 is 0 Å². The summed E-state index contributed by atoms with van der Waals surface area (Å²) in [5.74, 6) is 0.683. The van der Waals surface area contributed by atoms with Crippen molar-refractivity contribution >= 4 is 17.2 Å². The predicted octanol–water partition coefficient (Wildman–Crippen LogP) is 3.14. The SMILES string of the molecule is COc1ccc(-c2csc(CNC(=O)c3ccncc3)n2)cc1. The number of ether oxygens (including phenoxy) is 1. The normalized spacial score (nSPS) is 10.3. The molecular formula is C17H15N3O2S. The van der Waals surface area contributed by atoms with E-state index in [0.29, 0.717) is 12.1 Å². The largest absolute Gasteiger partial charge is 0.497 e. The Hall–Kier alpha value is -2.73. The van der Waals surface area contributed by atoms with Crippen LogP contribution in [0.2, 0.25) is 0 Å². The number of thiazole rings is 1. The fourth-order valence-corrected chi connectivity index (χ4v) is 2.79. The molecule has 0 unspecified atom stereocenters. The van der Waals surface area contributed by atoms with Crippen molar-refractivity contribution in [2.24, 2.45) is 0 Å². The highest BCUT2D eigenvalue weighted by molar-refractivity contribution is 7.09. The Morgan fingerprint density at radius 1 is 1.17 bits per heavy atom. The number of rotatable bonds is 5. The maximum absolute atomic E-state index is 12.0. The van der Waals surface area contributed by atoms with Crippen molar-refractivity contribution in [1.82, 2.24) is 15.3 Å². The van der Waals surface area contributed by atoms with Gasteiger partial charge in [0.2, 0.25) is 0 Å². The first-order chi connectivity index (χ1) is 11.3. The van der Waals surface area contributed by atoms with Gasteiger partial charge in [-0.3, -0.25) is 9.78 Å². The summed E-state index contributed by atoms with van der Waals surface area (Å²) in [4.78, 5) is 20.4. The highest BCUT2D eigenvalue weighted by Crippen LogP contribution is 2.24. The lowest BCUT2D eigenvalue weighted by molar-refractivity contribution is 0.0951. The topological polar surface area (TPSA) is 64.1 Å². The molecule has 0 saturated carbocycles. The van der Waals surface area contributed by atoms with Crippen molar-refractivity contribution < 1.29 is 9.53 Å². The number of methoxy groups -OCH3 is 1. The number of pyridine rings is 1. The van der Waals surface area contributed by atoms with Gasteiger partial charge in [-0.2, -0.15) is 0 Å². The van der Waals surface area contributed by atoms with Gasteiger partial charge in [-0.15, -0.1) is 11.3 Å². The molecule has 2 heterocycles. The van der Waals surface area contributed by atoms with Gasteiger partial charge in [0, 0.05) is 28.9 Å². The van der Waals surface area contributed by atoms with Gasteiger partial charge in [0.15, 0.2) is 0 Å². The Morgan fingerprint density at radius 2 is 1.91 bits per heavy atom. The molecule has 0 radical (unpaired) electrons. The average molecular weight is 325 g/mol. The van der Waals surface area contributed by atoms with E-state index in [1.807, 2.05) is 29.6 Å².